The van der Waals surface area contributed by atoms with E-state index in [1.807, 2.05) is 49.0 Å². The Balaban J connectivity index is 1.71. The molecule has 0 aliphatic rings. The molecule has 0 bridgehead atoms. The van der Waals surface area contributed by atoms with Crippen molar-refractivity contribution in [2.75, 3.05) is 0 Å². The summed E-state index contributed by atoms with van der Waals surface area (Å²) in [5, 5.41) is 14.5. The summed E-state index contributed by atoms with van der Waals surface area (Å²) in [6.07, 6.45) is 1.35. The number of nitro groups is 1. The highest BCUT2D eigenvalue weighted by Gasteiger charge is 2.15. The lowest BCUT2D eigenvalue weighted by Gasteiger charge is -2.16. The van der Waals surface area contributed by atoms with Gasteiger partial charge in [0.2, 0.25) is 0 Å². The maximum absolute atomic E-state index is 12.1. The van der Waals surface area contributed by atoms with Gasteiger partial charge < -0.3 is 14.6 Å². The van der Waals surface area contributed by atoms with E-state index in [9.17, 15) is 14.9 Å². The van der Waals surface area contributed by atoms with Crippen LogP contribution in [0.25, 0.3) is 10.9 Å². The number of hydrogen-bond donors (Lipinski definition) is 1. The largest absolute Gasteiger partial charge is 0.413 e. The van der Waals surface area contributed by atoms with Crippen LogP contribution in [0.3, 0.4) is 0 Å². The average molecular weight is 339 g/mol. The van der Waals surface area contributed by atoms with E-state index in [0.29, 0.717) is 0 Å². The minimum Gasteiger partial charge on any atom is -0.410 e. The van der Waals surface area contributed by atoms with E-state index in [-0.39, 0.29) is 17.5 Å². The van der Waals surface area contributed by atoms with E-state index < -0.39 is 11.0 Å². The molecule has 128 valence electrons. The Morgan fingerprint density at radius 2 is 1.92 bits per heavy atom. The van der Waals surface area contributed by atoms with Gasteiger partial charge in [-0.3, -0.25) is 10.1 Å². The van der Waals surface area contributed by atoms with E-state index in [1.54, 1.807) is 0 Å². The van der Waals surface area contributed by atoms with Crippen molar-refractivity contribution in [1.82, 2.24) is 9.88 Å². The highest BCUT2D eigenvalue weighted by Crippen LogP contribution is 2.25. The number of amides is 1. The number of rotatable bonds is 4. The van der Waals surface area contributed by atoms with Crippen molar-refractivity contribution in [3.8, 4) is 5.75 Å². The number of fused-ring (bicyclic) bond motifs is 1. The molecule has 0 aliphatic carbocycles. The third-order valence-corrected chi connectivity index (χ3v) is 3.99. The second-order valence-electron chi connectivity index (χ2n) is 5.72. The van der Waals surface area contributed by atoms with Crippen LogP contribution in [0, 0.1) is 10.1 Å². The molecule has 3 aromatic rings. The molecule has 25 heavy (non-hydrogen) atoms. The molecule has 1 heterocycles. The first-order valence-electron chi connectivity index (χ1n) is 7.72. The quantitative estimate of drug-likeness (QED) is 0.576. The van der Waals surface area contributed by atoms with Crippen LogP contribution in [0.4, 0.5) is 10.5 Å². The molecule has 1 atom stereocenters. The zero-order valence-corrected chi connectivity index (χ0v) is 13.8. The molecule has 1 amide bonds. The van der Waals surface area contributed by atoms with Crippen LogP contribution in [0.15, 0.2) is 54.7 Å². The molecule has 1 aromatic heterocycles. The second kappa shape index (κ2) is 6.64. The predicted molar refractivity (Wildman–Crippen MR) is 93.6 cm³/mol. The highest BCUT2D eigenvalue weighted by atomic mass is 16.6. The summed E-state index contributed by atoms with van der Waals surface area (Å²) in [6.45, 7) is 1.87. The van der Waals surface area contributed by atoms with Gasteiger partial charge in [0, 0.05) is 25.4 Å². The van der Waals surface area contributed by atoms with Crippen molar-refractivity contribution in [2.45, 2.75) is 13.0 Å². The van der Waals surface area contributed by atoms with Crippen LogP contribution in [-0.4, -0.2) is 15.6 Å². The first-order valence-corrected chi connectivity index (χ1v) is 7.72. The third kappa shape index (κ3) is 3.45. The lowest BCUT2D eigenvalue weighted by Crippen LogP contribution is -2.29. The number of ether oxygens (including phenoxy) is 1. The van der Waals surface area contributed by atoms with Crippen LogP contribution >= 0.6 is 0 Å². The Morgan fingerprint density at radius 1 is 1.20 bits per heavy atom. The van der Waals surface area contributed by atoms with Crippen LogP contribution in [0.5, 0.6) is 5.75 Å². The van der Waals surface area contributed by atoms with Crippen molar-refractivity contribution in [2.24, 2.45) is 7.05 Å². The van der Waals surface area contributed by atoms with Crippen molar-refractivity contribution >= 4 is 22.7 Å². The maximum atomic E-state index is 12.1. The minimum atomic E-state index is -0.618. The summed E-state index contributed by atoms with van der Waals surface area (Å²) < 4.78 is 7.19. The molecular formula is C18H17N3O4. The van der Waals surface area contributed by atoms with Gasteiger partial charge >= 0.3 is 6.09 Å². The molecule has 3 rings (SSSR count). The number of aryl methyl sites for hydroxylation is 1. The van der Waals surface area contributed by atoms with Crippen molar-refractivity contribution < 1.29 is 14.5 Å². The smallest absolute Gasteiger partial charge is 0.410 e. The van der Waals surface area contributed by atoms with E-state index in [0.717, 1.165) is 16.5 Å². The highest BCUT2D eigenvalue weighted by molar-refractivity contribution is 5.84. The van der Waals surface area contributed by atoms with E-state index in [1.165, 1.54) is 24.3 Å². The monoisotopic (exact) mass is 339 g/mol. The van der Waals surface area contributed by atoms with Gasteiger partial charge in [-0.1, -0.05) is 18.2 Å². The topological polar surface area (TPSA) is 86.4 Å². The van der Waals surface area contributed by atoms with Crippen molar-refractivity contribution in [3.05, 3.63) is 70.4 Å². The molecule has 7 nitrogen and oxygen atoms in total. The fourth-order valence-corrected chi connectivity index (χ4v) is 2.76. The first kappa shape index (κ1) is 16.5. The summed E-state index contributed by atoms with van der Waals surface area (Å²) in [6, 6.07) is 13.0. The minimum absolute atomic E-state index is 0.0588. The Morgan fingerprint density at radius 3 is 2.60 bits per heavy atom. The zero-order chi connectivity index (χ0) is 18.0. The number of carbonyl (C=O) groups excluding carboxylic acids is 1. The number of nitrogens with one attached hydrogen (secondary N) is 1. The Bertz CT molecular complexity index is 931. The van der Waals surface area contributed by atoms with Gasteiger partial charge in [-0.05, 0) is 36.1 Å². The molecule has 0 aliphatic heterocycles. The van der Waals surface area contributed by atoms with Crippen LogP contribution in [0.1, 0.15) is 18.5 Å². The molecule has 0 saturated carbocycles. The van der Waals surface area contributed by atoms with Gasteiger partial charge in [0.05, 0.1) is 16.5 Å². The zero-order valence-electron chi connectivity index (χ0n) is 13.8. The van der Waals surface area contributed by atoms with E-state index in [4.69, 9.17) is 4.74 Å². The average Bonchev–Trinajstić information content (AvgIpc) is 2.96. The van der Waals surface area contributed by atoms with Crippen molar-refractivity contribution in [3.63, 3.8) is 0 Å². The van der Waals surface area contributed by atoms with Gasteiger partial charge in [0.1, 0.15) is 5.75 Å². The Hall–Kier alpha value is -3.35. The lowest BCUT2D eigenvalue weighted by atomic mass is 10.1. The molecule has 0 fully saturated rings. The van der Waals surface area contributed by atoms with Crippen molar-refractivity contribution in [1.29, 1.82) is 0 Å². The summed E-state index contributed by atoms with van der Waals surface area (Å²) in [5.41, 5.74) is 1.97. The van der Waals surface area contributed by atoms with Gasteiger partial charge in [-0.15, -0.1) is 0 Å². The number of para-hydroxylation sites is 1. The van der Waals surface area contributed by atoms with E-state index in [2.05, 4.69) is 5.32 Å². The van der Waals surface area contributed by atoms with Crippen LogP contribution in [0.2, 0.25) is 0 Å². The number of hydrogen-bond acceptors (Lipinski definition) is 4. The number of non-ortho nitro benzene ring substituents is 1. The van der Waals surface area contributed by atoms with E-state index >= 15 is 0 Å². The van der Waals surface area contributed by atoms with Gasteiger partial charge in [0.15, 0.2) is 0 Å². The molecule has 0 radical (unpaired) electrons. The number of aromatic nitrogens is 1. The first-order chi connectivity index (χ1) is 12.0. The van der Waals surface area contributed by atoms with Gasteiger partial charge in [-0.25, -0.2) is 4.79 Å². The normalized spacial score (nSPS) is 11.9. The fraction of sp³-hybridized carbons (Fsp3) is 0.167. The van der Waals surface area contributed by atoms with Gasteiger partial charge in [-0.2, -0.15) is 0 Å². The SMILES string of the molecule is CC(NC(=O)Oc1ccc([N+](=O)[O-])cc1)c1cccc2ccn(C)c12. The number of nitro benzene ring substituents is 1. The Labute approximate surface area is 144 Å². The van der Waals surface area contributed by atoms with Gasteiger partial charge in [0.25, 0.3) is 5.69 Å². The second-order valence-corrected chi connectivity index (χ2v) is 5.72. The third-order valence-electron chi connectivity index (χ3n) is 3.99. The molecular weight excluding hydrogens is 322 g/mol. The number of benzene rings is 2. The summed E-state index contributed by atoms with van der Waals surface area (Å²) >= 11 is 0. The summed E-state index contributed by atoms with van der Waals surface area (Å²) in [5.74, 6) is 0.243. The van der Waals surface area contributed by atoms with Crippen LogP contribution < -0.4 is 10.1 Å². The standard InChI is InChI=1S/C18H17N3O4/c1-12(16-5-3-4-13-10-11-20(2)17(13)16)19-18(22)25-15-8-6-14(7-9-15)21(23)24/h3-12H,1-2H3,(H,19,22). The number of carbonyl (C=O) groups is 1. The number of nitrogens with zero attached hydrogens (tertiary/aromatic N) is 2. The maximum Gasteiger partial charge on any atom is 0.413 e. The molecule has 2 aromatic carbocycles. The Kier molecular flexibility index (Phi) is 4.38. The van der Waals surface area contributed by atoms with Crippen LogP contribution in [-0.2, 0) is 7.05 Å². The lowest BCUT2D eigenvalue weighted by molar-refractivity contribution is -0.384. The predicted octanol–water partition coefficient (Wildman–Crippen LogP) is 3.94. The summed E-state index contributed by atoms with van der Waals surface area (Å²) in [4.78, 5) is 22.2. The molecule has 1 N–H and O–H groups in total. The fourth-order valence-electron chi connectivity index (χ4n) is 2.76. The summed E-state index contributed by atoms with van der Waals surface area (Å²) in [7, 11) is 1.95. The molecule has 7 heteroatoms. The molecule has 0 saturated heterocycles. The molecule has 1 unspecified atom stereocenters. The molecule has 0 spiro atoms.